The van der Waals surface area contributed by atoms with Gasteiger partial charge in [0.25, 0.3) is 0 Å². The van der Waals surface area contributed by atoms with Crippen molar-refractivity contribution in [2.45, 2.75) is 30.3 Å². The van der Waals surface area contributed by atoms with Crippen molar-refractivity contribution in [3.05, 3.63) is 65.9 Å². The minimum atomic E-state index is 0.496. The van der Waals surface area contributed by atoms with Gasteiger partial charge in [-0.25, -0.2) is 0 Å². The molecule has 0 bridgehead atoms. The average Bonchev–Trinajstić information content (AvgIpc) is 3.49. The van der Waals surface area contributed by atoms with Gasteiger partial charge in [-0.3, -0.25) is 0 Å². The molecule has 0 aliphatic heterocycles. The first kappa shape index (κ1) is 23.8. The van der Waals surface area contributed by atoms with Crippen molar-refractivity contribution in [1.29, 1.82) is 0 Å². The molecule has 178 valence electrons. The normalized spacial score (nSPS) is 11.0. The molecule has 2 aromatic heterocycles. The first-order valence-corrected chi connectivity index (χ1v) is 11.8. The van der Waals surface area contributed by atoms with E-state index in [0.717, 1.165) is 28.5 Å². The van der Waals surface area contributed by atoms with Crippen molar-refractivity contribution in [1.82, 2.24) is 25.0 Å². The Labute approximate surface area is 202 Å². The monoisotopic (exact) mass is 481 g/mol. The molecule has 34 heavy (non-hydrogen) atoms. The van der Waals surface area contributed by atoms with E-state index in [0.29, 0.717) is 48.6 Å². The molecule has 0 atom stereocenters. The Bertz CT molecular complexity index is 1200. The van der Waals surface area contributed by atoms with Crippen LogP contribution < -0.4 is 9.47 Å². The number of ether oxygens (including phenoxy) is 3. The summed E-state index contributed by atoms with van der Waals surface area (Å²) in [5.74, 6) is 3.68. The van der Waals surface area contributed by atoms with Crippen molar-refractivity contribution in [2.24, 2.45) is 0 Å². The van der Waals surface area contributed by atoms with Crippen LogP contribution in [-0.2, 0) is 23.5 Å². The summed E-state index contributed by atoms with van der Waals surface area (Å²) < 4.78 is 24.0. The highest BCUT2D eigenvalue weighted by Gasteiger charge is 2.18. The summed E-state index contributed by atoms with van der Waals surface area (Å²) in [5, 5.41) is 18.0. The second kappa shape index (κ2) is 11.7. The van der Waals surface area contributed by atoms with E-state index in [-0.39, 0.29) is 0 Å². The molecular weight excluding hydrogens is 454 g/mol. The smallest absolute Gasteiger partial charge is 0.226 e. The minimum Gasteiger partial charge on any atom is -0.493 e. The molecule has 0 saturated carbocycles. The summed E-state index contributed by atoms with van der Waals surface area (Å²) in [4.78, 5) is 0. The molecule has 9 nitrogen and oxygen atoms in total. The Morgan fingerprint density at radius 3 is 2.44 bits per heavy atom. The second-order valence-electron chi connectivity index (χ2n) is 7.41. The van der Waals surface area contributed by atoms with Crippen LogP contribution in [0.4, 0.5) is 0 Å². The zero-order chi connectivity index (χ0) is 23.8. The molecule has 0 fully saturated rings. The van der Waals surface area contributed by atoms with E-state index in [4.69, 9.17) is 18.6 Å². The van der Waals surface area contributed by atoms with E-state index >= 15 is 0 Å². The van der Waals surface area contributed by atoms with E-state index in [1.165, 1.54) is 11.8 Å². The van der Waals surface area contributed by atoms with E-state index < -0.39 is 0 Å². The van der Waals surface area contributed by atoms with Crippen LogP contribution in [0, 0.1) is 0 Å². The zero-order valence-electron chi connectivity index (χ0n) is 19.4. The van der Waals surface area contributed by atoms with Gasteiger partial charge in [0.2, 0.25) is 11.8 Å². The van der Waals surface area contributed by atoms with Crippen molar-refractivity contribution < 1.29 is 18.6 Å². The lowest BCUT2D eigenvalue weighted by Crippen LogP contribution is -2.05. The fourth-order valence-electron chi connectivity index (χ4n) is 3.47. The quantitative estimate of drug-likeness (QED) is 0.217. The summed E-state index contributed by atoms with van der Waals surface area (Å²) in [5.41, 5.74) is 2.01. The largest absolute Gasteiger partial charge is 0.493 e. The summed E-state index contributed by atoms with van der Waals surface area (Å²) in [7, 11) is 4.92. The number of aromatic nitrogens is 5. The molecular formula is C24H27N5O4S. The molecule has 4 aromatic rings. The number of nitrogens with zero attached hydrogens (tertiary/aromatic N) is 5. The van der Waals surface area contributed by atoms with Crippen LogP contribution in [0.2, 0.25) is 0 Å². The molecule has 0 aliphatic carbocycles. The average molecular weight is 482 g/mol. The molecule has 2 heterocycles. The van der Waals surface area contributed by atoms with Gasteiger partial charge in [-0.15, -0.1) is 20.4 Å². The minimum absolute atomic E-state index is 0.496. The van der Waals surface area contributed by atoms with Gasteiger partial charge < -0.3 is 23.2 Å². The van der Waals surface area contributed by atoms with Crippen molar-refractivity contribution in [2.75, 3.05) is 27.9 Å². The van der Waals surface area contributed by atoms with Gasteiger partial charge in [0, 0.05) is 25.8 Å². The standard InChI is InChI=1S/C24H27N5O4S/c1-30-13-7-12-29-23(18-10-11-19(31-2)20(15-18)32-3)27-28-24(29)34-16-22-26-25-21(33-22)14-17-8-5-4-6-9-17/h4-6,8-11,15H,7,12-14,16H2,1-3H3. The number of thioether (sulfide) groups is 1. The van der Waals surface area contributed by atoms with E-state index in [9.17, 15) is 0 Å². The number of hydrogen-bond donors (Lipinski definition) is 0. The maximum Gasteiger partial charge on any atom is 0.226 e. The fourth-order valence-corrected chi connectivity index (χ4v) is 4.27. The van der Waals surface area contributed by atoms with Gasteiger partial charge in [-0.2, -0.15) is 0 Å². The van der Waals surface area contributed by atoms with Gasteiger partial charge in [-0.05, 0) is 30.2 Å². The molecule has 0 N–H and O–H groups in total. The first-order chi connectivity index (χ1) is 16.7. The van der Waals surface area contributed by atoms with E-state index in [1.807, 2.05) is 48.5 Å². The summed E-state index contributed by atoms with van der Waals surface area (Å²) in [6.07, 6.45) is 1.43. The number of rotatable bonds is 12. The number of methoxy groups -OCH3 is 3. The highest BCUT2D eigenvalue weighted by Crippen LogP contribution is 2.33. The molecule has 4 rings (SSSR count). The Morgan fingerprint density at radius 2 is 1.68 bits per heavy atom. The Morgan fingerprint density at radius 1 is 0.882 bits per heavy atom. The third-order valence-electron chi connectivity index (χ3n) is 5.12. The molecule has 0 saturated heterocycles. The van der Waals surface area contributed by atoms with Crippen LogP contribution >= 0.6 is 11.8 Å². The summed E-state index contributed by atoms with van der Waals surface area (Å²) >= 11 is 1.51. The maximum absolute atomic E-state index is 5.84. The Kier molecular flexibility index (Phi) is 8.16. The number of hydrogen-bond acceptors (Lipinski definition) is 9. The zero-order valence-corrected chi connectivity index (χ0v) is 20.2. The van der Waals surface area contributed by atoms with Gasteiger partial charge in [-0.1, -0.05) is 42.1 Å². The van der Waals surface area contributed by atoms with Crippen LogP contribution in [0.1, 0.15) is 23.8 Å². The molecule has 0 amide bonds. The molecule has 2 aromatic carbocycles. The van der Waals surface area contributed by atoms with Gasteiger partial charge in [0.1, 0.15) is 0 Å². The SMILES string of the molecule is COCCCn1c(SCc2nnc(Cc3ccccc3)o2)nnc1-c1ccc(OC)c(OC)c1. The Balaban J connectivity index is 1.51. The van der Waals surface area contributed by atoms with Crippen LogP contribution in [0.5, 0.6) is 11.5 Å². The third-order valence-corrected chi connectivity index (χ3v) is 6.07. The predicted molar refractivity (Wildman–Crippen MR) is 128 cm³/mol. The molecule has 10 heteroatoms. The maximum atomic E-state index is 5.84. The number of benzene rings is 2. The lowest BCUT2D eigenvalue weighted by Gasteiger charge is -2.12. The second-order valence-corrected chi connectivity index (χ2v) is 8.36. The van der Waals surface area contributed by atoms with Crippen molar-refractivity contribution >= 4 is 11.8 Å². The van der Waals surface area contributed by atoms with Crippen LogP contribution in [0.3, 0.4) is 0 Å². The van der Waals surface area contributed by atoms with Crippen molar-refractivity contribution in [3.8, 4) is 22.9 Å². The molecule has 0 aliphatic rings. The first-order valence-electron chi connectivity index (χ1n) is 10.8. The lowest BCUT2D eigenvalue weighted by atomic mass is 10.2. The Hall–Kier alpha value is -3.37. The van der Waals surface area contributed by atoms with Crippen molar-refractivity contribution in [3.63, 3.8) is 0 Å². The van der Waals surface area contributed by atoms with Crippen LogP contribution in [-0.4, -0.2) is 52.9 Å². The van der Waals surface area contributed by atoms with Gasteiger partial charge in [0.05, 0.1) is 26.4 Å². The van der Waals surface area contributed by atoms with Gasteiger partial charge >= 0.3 is 0 Å². The van der Waals surface area contributed by atoms with Crippen LogP contribution in [0.15, 0.2) is 58.1 Å². The van der Waals surface area contributed by atoms with E-state index in [2.05, 4.69) is 25.0 Å². The topological polar surface area (TPSA) is 97.3 Å². The third kappa shape index (κ3) is 5.75. The lowest BCUT2D eigenvalue weighted by molar-refractivity contribution is 0.189. The van der Waals surface area contributed by atoms with E-state index in [1.54, 1.807) is 21.3 Å². The molecule has 0 unspecified atom stereocenters. The predicted octanol–water partition coefficient (Wildman–Crippen LogP) is 4.26. The summed E-state index contributed by atoms with van der Waals surface area (Å²) in [6.45, 7) is 1.34. The fraction of sp³-hybridized carbons (Fsp3) is 0.333. The van der Waals surface area contributed by atoms with Gasteiger partial charge in [0.15, 0.2) is 22.5 Å². The molecule has 0 radical (unpaired) electrons. The highest BCUT2D eigenvalue weighted by atomic mass is 32.2. The highest BCUT2D eigenvalue weighted by molar-refractivity contribution is 7.98. The molecule has 0 spiro atoms. The van der Waals surface area contributed by atoms with Crippen LogP contribution in [0.25, 0.3) is 11.4 Å². The summed E-state index contributed by atoms with van der Waals surface area (Å²) in [6, 6.07) is 15.8.